The average molecular weight is 394 g/mol. The number of aromatic nitrogens is 2. The molecule has 8 heteroatoms. The fraction of sp³-hybridized carbons (Fsp3) is 0.143. The molecule has 0 aliphatic heterocycles. The predicted octanol–water partition coefficient (Wildman–Crippen LogP) is 2.36. The van der Waals surface area contributed by atoms with Crippen LogP contribution in [0, 0.1) is 12.7 Å². The molecule has 0 spiro atoms. The number of aromatic amines is 1. The number of benzene rings is 1. The summed E-state index contributed by atoms with van der Waals surface area (Å²) < 4.78 is 14.7. The molecule has 7 nitrogen and oxygen atoms in total. The Bertz CT molecular complexity index is 1060. The molecule has 2 heterocycles. The fourth-order valence-corrected chi connectivity index (χ4v) is 3.01. The molecule has 3 aromatic rings. The molecule has 3 rings (SSSR count). The first-order valence-corrected chi connectivity index (χ1v) is 8.89. The molecule has 0 bridgehead atoms. The van der Waals surface area contributed by atoms with Crippen LogP contribution in [0.1, 0.15) is 38.5 Å². The van der Waals surface area contributed by atoms with Gasteiger partial charge in [-0.25, -0.2) is 4.39 Å². The molecule has 148 valence electrons. The number of rotatable bonds is 7. The summed E-state index contributed by atoms with van der Waals surface area (Å²) in [7, 11) is 0. The lowest BCUT2D eigenvalue weighted by Gasteiger charge is -2.11. The summed E-state index contributed by atoms with van der Waals surface area (Å²) in [5, 5.41) is 2.56. The molecule has 2 aromatic heterocycles. The van der Waals surface area contributed by atoms with Crippen molar-refractivity contribution in [1.82, 2.24) is 15.3 Å². The molecular weight excluding hydrogens is 375 g/mol. The lowest BCUT2D eigenvalue weighted by atomic mass is 9.94. The van der Waals surface area contributed by atoms with Gasteiger partial charge in [0, 0.05) is 36.5 Å². The van der Waals surface area contributed by atoms with Crippen LogP contribution in [0.15, 0.2) is 48.8 Å². The van der Waals surface area contributed by atoms with Crippen LogP contribution >= 0.6 is 0 Å². The van der Waals surface area contributed by atoms with Gasteiger partial charge >= 0.3 is 0 Å². The van der Waals surface area contributed by atoms with Crippen LogP contribution in [0.25, 0.3) is 11.1 Å². The van der Waals surface area contributed by atoms with Gasteiger partial charge < -0.3 is 16.0 Å². The van der Waals surface area contributed by atoms with Crippen molar-refractivity contribution in [3.05, 3.63) is 77.1 Å². The maximum Gasteiger partial charge on any atom is 0.253 e. The number of nitrogens with two attached hydrogens (primary N) is 1. The number of nitrogens with zero attached hydrogens (tertiary/aromatic N) is 1. The second-order valence-electron chi connectivity index (χ2n) is 6.40. The number of nitrogens with one attached hydrogen (secondary N) is 2. The smallest absolute Gasteiger partial charge is 0.253 e. The molecule has 0 saturated carbocycles. The van der Waals surface area contributed by atoms with Crippen molar-refractivity contribution >= 4 is 17.6 Å². The molecule has 0 saturated heterocycles. The SMILES string of the molecule is Cc1cccc(F)c1-c1c(C(=O)NCCC(N)=O)c[nH]c1C(=O)c1ccccn1. The fourth-order valence-electron chi connectivity index (χ4n) is 3.01. The first-order chi connectivity index (χ1) is 13.9. The number of halogens is 1. The van der Waals surface area contributed by atoms with Crippen molar-refractivity contribution in [2.75, 3.05) is 6.54 Å². The molecule has 0 radical (unpaired) electrons. The Kier molecular flexibility index (Phi) is 5.82. The van der Waals surface area contributed by atoms with Gasteiger partial charge in [-0.2, -0.15) is 0 Å². The van der Waals surface area contributed by atoms with E-state index in [9.17, 15) is 18.8 Å². The number of hydrogen-bond donors (Lipinski definition) is 3. The minimum atomic E-state index is -0.564. The van der Waals surface area contributed by atoms with E-state index in [1.807, 2.05) is 0 Å². The van der Waals surface area contributed by atoms with Crippen LogP contribution in [0.5, 0.6) is 0 Å². The quantitative estimate of drug-likeness (QED) is 0.533. The summed E-state index contributed by atoms with van der Waals surface area (Å²) in [5.74, 6) is -2.15. The number of ketones is 1. The minimum Gasteiger partial charge on any atom is -0.370 e. The first kappa shape index (κ1) is 19.9. The maximum atomic E-state index is 14.7. The van der Waals surface area contributed by atoms with Gasteiger partial charge in [-0.3, -0.25) is 19.4 Å². The maximum absolute atomic E-state index is 14.7. The van der Waals surface area contributed by atoms with Crippen molar-refractivity contribution in [3.8, 4) is 11.1 Å². The van der Waals surface area contributed by atoms with Crippen molar-refractivity contribution in [2.45, 2.75) is 13.3 Å². The third-order valence-corrected chi connectivity index (χ3v) is 4.38. The van der Waals surface area contributed by atoms with Crippen molar-refractivity contribution < 1.29 is 18.8 Å². The highest BCUT2D eigenvalue weighted by molar-refractivity contribution is 6.14. The summed E-state index contributed by atoms with van der Waals surface area (Å²) >= 11 is 0. The average Bonchev–Trinajstić information content (AvgIpc) is 3.12. The molecule has 4 N–H and O–H groups in total. The summed E-state index contributed by atoms with van der Waals surface area (Å²) in [6, 6.07) is 9.37. The minimum absolute atomic E-state index is 0.0264. The molecular formula is C21H19FN4O3. The zero-order valence-corrected chi connectivity index (χ0v) is 15.7. The van der Waals surface area contributed by atoms with Gasteiger partial charge in [0.25, 0.3) is 5.91 Å². The third-order valence-electron chi connectivity index (χ3n) is 4.38. The van der Waals surface area contributed by atoms with E-state index in [-0.39, 0.29) is 41.0 Å². The normalized spacial score (nSPS) is 10.6. The van der Waals surface area contributed by atoms with Gasteiger partial charge in [0.2, 0.25) is 11.7 Å². The first-order valence-electron chi connectivity index (χ1n) is 8.89. The zero-order valence-electron chi connectivity index (χ0n) is 15.7. The summed E-state index contributed by atoms with van der Waals surface area (Å²) in [5.41, 5.74) is 6.24. The Balaban J connectivity index is 2.11. The Morgan fingerprint density at radius 3 is 2.59 bits per heavy atom. The van der Waals surface area contributed by atoms with Crippen molar-refractivity contribution in [2.24, 2.45) is 5.73 Å². The molecule has 29 heavy (non-hydrogen) atoms. The number of hydrogen-bond acceptors (Lipinski definition) is 4. The Morgan fingerprint density at radius 1 is 1.14 bits per heavy atom. The summed E-state index contributed by atoms with van der Waals surface area (Å²) in [6.07, 6.45) is 2.78. The van der Waals surface area contributed by atoms with Gasteiger partial charge in [0.1, 0.15) is 11.5 Å². The van der Waals surface area contributed by atoms with Crippen LogP contribution in [-0.4, -0.2) is 34.1 Å². The van der Waals surface area contributed by atoms with Crippen molar-refractivity contribution in [1.29, 1.82) is 0 Å². The van der Waals surface area contributed by atoms with Gasteiger partial charge in [0.05, 0.1) is 11.3 Å². The number of primary amides is 1. The van der Waals surface area contributed by atoms with E-state index in [4.69, 9.17) is 5.73 Å². The molecule has 1 aromatic carbocycles. The highest BCUT2D eigenvalue weighted by atomic mass is 19.1. The van der Waals surface area contributed by atoms with Crippen LogP contribution in [-0.2, 0) is 4.79 Å². The second-order valence-corrected chi connectivity index (χ2v) is 6.40. The van der Waals surface area contributed by atoms with Crippen LogP contribution in [0.3, 0.4) is 0 Å². The lowest BCUT2D eigenvalue weighted by molar-refractivity contribution is -0.117. The van der Waals surface area contributed by atoms with E-state index >= 15 is 0 Å². The van der Waals surface area contributed by atoms with Gasteiger partial charge in [-0.1, -0.05) is 18.2 Å². The van der Waals surface area contributed by atoms with E-state index in [0.29, 0.717) is 5.56 Å². The number of H-pyrrole nitrogens is 1. The monoisotopic (exact) mass is 394 g/mol. The highest BCUT2D eigenvalue weighted by Gasteiger charge is 2.27. The van der Waals surface area contributed by atoms with Gasteiger partial charge in [-0.05, 0) is 30.7 Å². The Hall–Kier alpha value is -3.81. The molecule has 0 aliphatic rings. The van der Waals surface area contributed by atoms with Crippen molar-refractivity contribution in [3.63, 3.8) is 0 Å². The van der Waals surface area contributed by atoms with E-state index < -0.39 is 23.4 Å². The Morgan fingerprint density at radius 2 is 1.93 bits per heavy atom. The predicted molar refractivity (Wildman–Crippen MR) is 105 cm³/mol. The van der Waals surface area contributed by atoms with Gasteiger partial charge in [0.15, 0.2) is 0 Å². The standard InChI is InChI=1S/C21H19FN4O3/c1-12-5-4-6-14(22)17(12)18-13(21(29)25-10-8-16(23)27)11-26-19(18)20(28)15-7-2-3-9-24-15/h2-7,9,11,26H,8,10H2,1H3,(H2,23,27)(H,25,29). The third kappa shape index (κ3) is 4.21. The largest absolute Gasteiger partial charge is 0.370 e. The molecule has 2 amide bonds. The number of carbonyl (C=O) groups excluding carboxylic acids is 3. The lowest BCUT2D eigenvalue weighted by Crippen LogP contribution is -2.28. The van der Waals surface area contributed by atoms with E-state index in [2.05, 4.69) is 15.3 Å². The van der Waals surface area contributed by atoms with Crippen LogP contribution in [0.4, 0.5) is 4.39 Å². The zero-order chi connectivity index (χ0) is 21.0. The van der Waals surface area contributed by atoms with E-state index in [1.54, 1.807) is 31.2 Å². The van der Waals surface area contributed by atoms with E-state index in [0.717, 1.165) is 0 Å². The molecule has 0 fully saturated rings. The molecule has 0 atom stereocenters. The summed E-state index contributed by atoms with van der Waals surface area (Å²) in [4.78, 5) is 43.4. The van der Waals surface area contributed by atoms with Crippen LogP contribution < -0.4 is 11.1 Å². The van der Waals surface area contributed by atoms with E-state index in [1.165, 1.54) is 24.5 Å². The number of aryl methyl sites for hydroxylation is 1. The van der Waals surface area contributed by atoms with Crippen LogP contribution in [0.2, 0.25) is 0 Å². The summed E-state index contributed by atoms with van der Waals surface area (Å²) in [6.45, 7) is 1.72. The molecule has 0 unspecified atom stereocenters. The second kappa shape index (κ2) is 8.47. The van der Waals surface area contributed by atoms with Gasteiger partial charge in [-0.15, -0.1) is 0 Å². The number of pyridine rings is 1. The Labute approximate surface area is 166 Å². The highest BCUT2D eigenvalue weighted by Crippen LogP contribution is 2.33. The number of carbonyl (C=O) groups is 3. The topological polar surface area (TPSA) is 118 Å². The number of amides is 2. The molecule has 0 aliphatic carbocycles.